The molecule has 2 heterocycles. The van der Waals surface area contributed by atoms with Crippen LogP contribution < -0.4 is 14.8 Å². The van der Waals surface area contributed by atoms with Gasteiger partial charge in [0.25, 0.3) is 0 Å². The van der Waals surface area contributed by atoms with Gasteiger partial charge in [0.1, 0.15) is 0 Å². The number of Topliss-reactive ketones (excluding diaryl/α,β-unsaturated/α-hetero) is 1. The summed E-state index contributed by atoms with van der Waals surface area (Å²) in [6.07, 6.45) is 1.24. The van der Waals surface area contributed by atoms with Crippen LogP contribution in [-0.2, 0) is 4.79 Å². The van der Waals surface area contributed by atoms with E-state index in [4.69, 9.17) is 14.5 Å². The molecule has 170 valence electrons. The standard InChI is InChI=1S/C28H25N3O3/c1-33-24-13-12-18(16-25(24)34-2)27-26-21(14-19(15-23(26)32)17-8-4-3-5-9-17)30-28-29-20-10-6-7-11-22(20)31(27)28/h3-13,16,19,27H,14-15H2,1-2H3,(H,29,30). The number of rotatable bonds is 4. The van der Waals surface area contributed by atoms with E-state index >= 15 is 0 Å². The monoisotopic (exact) mass is 451 g/mol. The molecule has 34 heavy (non-hydrogen) atoms. The fraction of sp³-hybridized carbons (Fsp3) is 0.214. The second kappa shape index (κ2) is 8.06. The number of hydrogen-bond donors (Lipinski definition) is 1. The molecule has 2 unspecified atom stereocenters. The summed E-state index contributed by atoms with van der Waals surface area (Å²) in [6.45, 7) is 0. The van der Waals surface area contributed by atoms with Crippen LogP contribution in [0.5, 0.6) is 11.5 Å². The van der Waals surface area contributed by atoms with Crippen molar-refractivity contribution >= 4 is 22.8 Å². The van der Waals surface area contributed by atoms with Crippen molar-refractivity contribution in [2.24, 2.45) is 0 Å². The van der Waals surface area contributed by atoms with E-state index in [9.17, 15) is 4.79 Å². The van der Waals surface area contributed by atoms with Crippen LogP contribution in [0.25, 0.3) is 11.0 Å². The maximum atomic E-state index is 13.8. The van der Waals surface area contributed by atoms with Crippen LogP contribution in [0.4, 0.5) is 5.95 Å². The van der Waals surface area contributed by atoms with Gasteiger partial charge in [-0.2, -0.15) is 0 Å². The molecule has 1 aliphatic carbocycles. The zero-order chi connectivity index (χ0) is 23.2. The third-order valence-corrected chi connectivity index (χ3v) is 6.89. The van der Waals surface area contributed by atoms with Gasteiger partial charge in [-0.25, -0.2) is 4.98 Å². The van der Waals surface area contributed by atoms with Crippen molar-refractivity contribution in [1.82, 2.24) is 9.55 Å². The molecule has 6 nitrogen and oxygen atoms in total. The molecule has 0 fully saturated rings. The first kappa shape index (κ1) is 20.5. The number of anilines is 1. The fourth-order valence-electron chi connectivity index (χ4n) is 5.32. The second-order valence-electron chi connectivity index (χ2n) is 8.77. The first-order valence-electron chi connectivity index (χ1n) is 11.4. The van der Waals surface area contributed by atoms with Gasteiger partial charge in [-0.3, -0.25) is 9.36 Å². The topological polar surface area (TPSA) is 65.4 Å². The molecule has 2 atom stereocenters. The fourth-order valence-corrected chi connectivity index (χ4v) is 5.32. The SMILES string of the molecule is COc1ccc(C2C3=C(CC(c4ccccc4)CC3=O)Nc3nc4ccccc4n32)cc1OC. The van der Waals surface area contributed by atoms with Gasteiger partial charge in [0.2, 0.25) is 5.95 Å². The average Bonchev–Trinajstić information content (AvgIpc) is 3.25. The van der Waals surface area contributed by atoms with Crippen LogP contribution in [0.15, 0.2) is 84.1 Å². The Morgan fingerprint density at radius 1 is 0.882 bits per heavy atom. The second-order valence-corrected chi connectivity index (χ2v) is 8.77. The Morgan fingerprint density at radius 3 is 2.44 bits per heavy atom. The molecule has 6 heteroatoms. The maximum Gasteiger partial charge on any atom is 0.209 e. The number of aromatic nitrogens is 2. The summed E-state index contributed by atoms with van der Waals surface area (Å²) < 4.78 is 13.2. The number of carbonyl (C=O) groups excluding carboxylic acids is 1. The number of fused-ring (bicyclic) bond motifs is 3. The van der Waals surface area contributed by atoms with Gasteiger partial charge in [-0.15, -0.1) is 0 Å². The molecule has 1 N–H and O–H groups in total. The van der Waals surface area contributed by atoms with Crippen LogP contribution in [0.2, 0.25) is 0 Å². The molecule has 0 saturated carbocycles. The van der Waals surface area contributed by atoms with E-state index in [1.807, 2.05) is 60.7 Å². The highest BCUT2D eigenvalue weighted by Crippen LogP contribution is 2.47. The number of methoxy groups -OCH3 is 2. The van der Waals surface area contributed by atoms with E-state index in [1.165, 1.54) is 5.56 Å². The van der Waals surface area contributed by atoms with E-state index in [1.54, 1.807) is 14.2 Å². The zero-order valence-corrected chi connectivity index (χ0v) is 19.1. The minimum absolute atomic E-state index is 0.141. The summed E-state index contributed by atoms with van der Waals surface area (Å²) in [5.74, 6) is 2.34. The molecule has 0 saturated heterocycles. The van der Waals surface area contributed by atoms with Crippen molar-refractivity contribution in [2.75, 3.05) is 19.5 Å². The van der Waals surface area contributed by atoms with Gasteiger partial charge < -0.3 is 14.8 Å². The Labute approximate surface area is 197 Å². The highest BCUT2D eigenvalue weighted by Gasteiger charge is 2.39. The number of benzene rings is 3. The summed E-state index contributed by atoms with van der Waals surface area (Å²) in [6, 6.07) is 23.9. The Morgan fingerprint density at radius 2 is 1.65 bits per heavy atom. The first-order chi connectivity index (χ1) is 16.7. The number of hydrogen-bond acceptors (Lipinski definition) is 5. The van der Waals surface area contributed by atoms with Crippen molar-refractivity contribution < 1.29 is 14.3 Å². The molecular weight excluding hydrogens is 426 g/mol. The zero-order valence-electron chi connectivity index (χ0n) is 19.1. The van der Waals surface area contributed by atoms with Crippen LogP contribution in [0.3, 0.4) is 0 Å². The van der Waals surface area contributed by atoms with Crippen LogP contribution >= 0.6 is 0 Å². The molecule has 4 aromatic rings. The largest absolute Gasteiger partial charge is 0.493 e. The minimum Gasteiger partial charge on any atom is -0.493 e. The third kappa shape index (κ3) is 3.17. The van der Waals surface area contributed by atoms with Gasteiger partial charge in [0.05, 0.1) is 31.3 Å². The maximum absolute atomic E-state index is 13.8. The highest BCUT2D eigenvalue weighted by atomic mass is 16.5. The molecule has 3 aromatic carbocycles. The number of ether oxygens (including phenoxy) is 2. The number of para-hydroxylation sites is 2. The van der Waals surface area contributed by atoms with E-state index in [0.717, 1.165) is 40.2 Å². The van der Waals surface area contributed by atoms with Gasteiger partial charge >= 0.3 is 0 Å². The molecule has 0 amide bonds. The van der Waals surface area contributed by atoms with E-state index in [-0.39, 0.29) is 17.7 Å². The number of ketones is 1. The van der Waals surface area contributed by atoms with Crippen molar-refractivity contribution in [3.8, 4) is 11.5 Å². The highest BCUT2D eigenvalue weighted by molar-refractivity contribution is 6.01. The lowest BCUT2D eigenvalue weighted by Crippen LogP contribution is -2.33. The summed E-state index contributed by atoms with van der Waals surface area (Å²) in [5, 5.41) is 3.52. The number of allylic oxidation sites excluding steroid dienone is 2. The summed E-state index contributed by atoms with van der Waals surface area (Å²) in [5.41, 5.74) is 5.77. The molecule has 1 aliphatic heterocycles. The Hall–Kier alpha value is -4.06. The lowest BCUT2D eigenvalue weighted by Gasteiger charge is -2.36. The van der Waals surface area contributed by atoms with E-state index < -0.39 is 0 Å². The van der Waals surface area contributed by atoms with Gasteiger partial charge in [0, 0.05) is 17.7 Å². The van der Waals surface area contributed by atoms with Gasteiger partial charge in [-0.1, -0.05) is 48.5 Å². The van der Waals surface area contributed by atoms with Crippen molar-refractivity contribution in [1.29, 1.82) is 0 Å². The normalized spacial score (nSPS) is 19.4. The lowest BCUT2D eigenvalue weighted by atomic mass is 9.77. The number of nitrogens with zero attached hydrogens (tertiary/aromatic N) is 2. The minimum atomic E-state index is -0.303. The first-order valence-corrected chi connectivity index (χ1v) is 11.4. The Balaban J connectivity index is 1.54. The number of carbonyl (C=O) groups is 1. The van der Waals surface area contributed by atoms with Crippen molar-refractivity contribution in [3.05, 3.63) is 95.2 Å². The molecule has 0 bridgehead atoms. The Bertz CT molecular complexity index is 1440. The van der Waals surface area contributed by atoms with E-state index in [2.05, 4.69) is 22.0 Å². The molecule has 1 aromatic heterocycles. The van der Waals surface area contributed by atoms with Crippen LogP contribution in [-0.4, -0.2) is 29.6 Å². The average molecular weight is 452 g/mol. The van der Waals surface area contributed by atoms with Gasteiger partial charge in [0.15, 0.2) is 17.3 Å². The number of imidazole rings is 1. The molecule has 0 radical (unpaired) electrons. The summed E-state index contributed by atoms with van der Waals surface area (Å²) in [7, 11) is 3.25. The quantitative estimate of drug-likeness (QED) is 0.446. The number of nitrogens with one attached hydrogen (secondary N) is 1. The molecule has 2 aliphatic rings. The van der Waals surface area contributed by atoms with Crippen LogP contribution in [0.1, 0.15) is 35.9 Å². The smallest absolute Gasteiger partial charge is 0.209 e. The van der Waals surface area contributed by atoms with E-state index in [0.29, 0.717) is 17.9 Å². The molecule has 6 rings (SSSR count). The summed E-state index contributed by atoms with van der Waals surface area (Å²) in [4.78, 5) is 18.6. The van der Waals surface area contributed by atoms with Crippen LogP contribution in [0, 0.1) is 0 Å². The molecule has 0 spiro atoms. The predicted molar refractivity (Wildman–Crippen MR) is 131 cm³/mol. The predicted octanol–water partition coefficient (Wildman–Crippen LogP) is 5.47. The molecular formula is C28H25N3O3. The third-order valence-electron chi connectivity index (χ3n) is 6.89. The van der Waals surface area contributed by atoms with Gasteiger partial charge in [-0.05, 0) is 47.7 Å². The van der Waals surface area contributed by atoms with Crippen molar-refractivity contribution in [3.63, 3.8) is 0 Å². The Kier molecular flexibility index (Phi) is 4.87. The van der Waals surface area contributed by atoms with Crippen molar-refractivity contribution in [2.45, 2.75) is 24.8 Å². The lowest BCUT2D eigenvalue weighted by molar-refractivity contribution is -0.116. The summed E-state index contributed by atoms with van der Waals surface area (Å²) >= 11 is 0.